The Balaban J connectivity index is 1.96. The van der Waals surface area contributed by atoms with Crippen molar-refractivity contribution in [1.82, 2.24) is 0 Å². The van der Waals surface area contributed by atoms with E-state index in [0.717, 1.165) is 12.1 Å². The molecule has 0 saturated carbocycles. The van der Waals surface area contributed by atoms with Crippen molar-refractivity contribution in [3.05, 3.63) is 35.4 Å². The number of benzene rings is 1. The van der Waals surface area contributed by atoms with Gasteiger partial charge in [-0.3, -0.25) is 0 Å². The fourth-order valence-electron chi connectivity index (χ4n) is 1.59. The van der Waals surface area contributed by atoms with E-state index in [2.05, 4.69) is 11.8 Å². The molecule has 6 heteroatoms. The first-order valence-electron chi connectivity index (χ1n) is 5.94. The van der Waals surface area contributed by atoms with E-state index in [1.807, 2.05) is 6.26 Å². The van der Waals surface area contributed by atoms with Gasteiger partial charge in [0.15, 0.2) is 0 Å². The number of hydrogen-bond acceptors (Lipinski definition) is 3. The van der Waals surface area contributed by atoms with Crippen molar-refractivity contribution >= 4 is 11.8 Å². The number of hydrogen-bond donors (Lipinski definition) is 0. The molecule has 20 heavy (non-hydrogen) atoms. The van der Waals surface area contributed by atoms with E-state index in [1.165, 1.54) is 12.1 Å². The molecule has 2 nitrogen and oxygen atoms in total. The molecule has 0 unspecified atom stereocenters. The van der Waals surface area contributed by atoms with Crippen LogP contribution >= 0.6 is 11.8 Å². The molecule has 0 aromatic heterocycles. The third-order valence-corrected chi connectivity index (χ3v) is 3.69. The Morgan fingerprint density at radius 2 is 1.75 bits per heavy atom. The Hall–Kier alpha value is -1.16. The van der Waals surface area contributed by atoms with Crippen molar-refractivity contribution in [1.29, 1.82) is 0 Å². The van der Waals surface area contributed by atoms with Crippen molar-refractivity contribution in [2.45, 2.75) is 17.7 Å². The Kier molecular flexibility index (Phi) is 4.97. The van der Waals surface area contributed by atoms with Crippen LogP contribution in [0.25, 0.3) is 0 Å². The molecule has 1 aliphatic heterocycles. The molecule has 0 bridgehead atoms. The highest BCUT2D eigenvalue weighted by atomic mass is 32.2. The second kappa shape index (κ2) is 6.53. The van der Waals surface area contributed by atoms with Crippen molar-refractivity contribution in [2.24, 2.45) is 0 Å². The zero-order valence-corrected chi connectivity index (χ0v) is 11.6. The smallest absolute Gasteiger partial charge is 0.341 e. The number of halogens is 3. The zero-order valence-electron chi connectivity index (χ0n) is 10.7. The molecule has 1 fully saturated rings. The summed E-state index contributed by atoms with van der Waals surface area (Å²) in [5, 5.41) is 0.305. The predicted octanol–water partition coefficient (Wildman–Crippen LogP) is 3.16. The fraction of sp³-hybridized carbons (Fsp3) is 0.429. The van der Waals surface area contributed by atoms with Crippen LogP contribution in [0.2, 0.25) is 0 Å². The Bertz CT molecular complexity index is 494. The van der Waals surface area contributed by atoms with Gasteiger partial charge in [0.05, 0.1) is 24.0 Å². The van der Waals surface area contributed by atoms with Gasteiger partial charge in [0.2, 0.25) is 6.29 Å². The third kappa shape index (κ3) is 4.17. The zero-order chi connectivity index (χ0) is 14.6. The van der Waals surface area contributed by atoms with Crippen LogP contribution in [0.3, 0.4) is 0 Å². The number of ether oxygens (including phenoxy) is 2. The SMILES string of the molecule is CSC1COC(C#Cc2ccc(C(F)(F)F)cc2)OC1. The highest BCUT2D eigenvalue weighted by molar-refractivity contribution is 7.99. The summed E-state index contributed by atoms with van der Waals surface area (Å²) in [7, 11) is 0. The lowest BCUT2D eigenvalue weighted by Gasteiger charge is -2.24. The molecule has 0 spiro atoms. The first-order valence-corrected chi connectivity index (χ1v) is 7.22. The van der Waals surface area contributed by atoms with Crippen LogP contribution in [0, 0.1) is 11.8 Å². The maximum Gasteiger partial charge on any atom is 0.416 e. The molecule has 1 aliphatic rings. The quantitative estimate of drug-likeness (QED) is 0.743. The third-order valence-electron chi connectivity index (χ3n) is 2.75. The van der Waals surface area contributed by atoms with Crippen LogP contribution in [-0.4, -0.2) is 31.0 Å². The first-order chi connectivity index (χ1) is 9.49. The minimum Gasteiger partial charge on any atom is -0.341 e. The van der Waals surface area contributed by atoms with Gasteiger partial charge >= 0.3 is 6.18 Å². The molecule has 0 radical (unpaired) electrons. The second-order valence-corrected chi connectivity index (χ2v) is 5.34. The van der Waals surface area contributed by atoms with Gasteiger partial charge in [-0.1, -0.05) is 5.92 Å². The van der Waals surface area contributed by atoms with E-state index in [-0.39, 0.29) is 0 Å². The summed E-state index contributed by atoms with van der Waals surface area (Å²) in [4.78, 5) is 0. The molecule has 0 aliphatic carbocycles. The molecular weight excluding hydrogens is 289 g/mol. The summed E-state index contributed by atoms with van der Waals surface area (Å²) >= 11 is 1.66. The Morgan fingerprint density at radius 1 is 1.15 bits per heavy atom. The summed E-state index contributed by atoms with van der Waals surface area (Å²) < 4.78 is 47.9. The van der Waals surface area contributed by atoms with Crippen LogP contribution in [0.1, 0.15) is 11.1 Å². The lowest BCUT2D eigenvalue weighted by atomic mass is 10.1. The fourth-order valence-corrected chi connectivity index (χ4v) is 2.02. The van der Waals surface area contributed by atoms with Gasteiger partial charge in [-0.25, -0.2) is 0 Å². The van der Waals surface area contributed by atoms with Crippen LogP contribution in [0.15, 0.2) is 24.3 Å². The van der Waals surface area contributed by atoms with Crippen molar-refractivity contribution in [2.75, 3.05) is 19.5 Å². The van der Waals surface area contributed by atoms with Crippen molar-refractivity contribution in [3.63, 3.8) is 0 Å². The summed E-state index contributed by atoms with van der Waals surface area (Å²) in [6, 6.07) is 4.69. The second-order valence-electron chi connectivity index (χ2n) is 4.20. The van der Waals surface area contributed by atoms with Crippen molar-refractivity contribution < 1.29 is 22.6 Å². The average molecular weight is 302 g/mol. The first kappa shape index (κ1) is 15.2. The van der Waals surface area contributed by atoms with E-state index in [9.17, 15) is 13.2 Å². The molecule has 108 valence electrons. The van der Waals surface area contributed by atoms with Crippen LogP contribution in [0.4, 0.5) is 13.2 Å². The Morgan fingerprint density at radius 3 is 2.25 bits per heavy atom. The maximum atomic E-state index is 12.4. The van der Waals surface area contributed by atoms with E-state index in [4.69, 9.17) is 9.47 Å². The van der Waals surface area contributed by atoms with Crippen LogP contribution in [-0.2, 0) is 15.7 Å². The minimum absolute atomic E-state index is 0.305. The maximum absolute atomic E-state index is 12.4. The molecule has 1 aromatic carbocycles. The number of rotatable bonds is 1. The van der Waals surface area contributed by atoms with Gasteiger partial charge < -0.3 is 9.47 Å². The number of alkyl halides is 3. The normalized spacial score (nSPS) is 23.0. The summed E-state index contributed by atoms with van der Waals surface area (Å²) in [6.45, 7) is 1.13. The van der Waals surface area contributed by atoms with E-state index < -0.39 is 18.0 Å². The highest BCUT2D eigenvalue weighted by Gasteiger charge is 2.29. The van der Waals surface area contributed by atoms with E-state index >= 15 is 0 Å². The molecular formula is C14H13F3O2S. The van der Waals surface area contributed by atoms with Gasteiger partial charge in [-0.15, -0.1) is 0 Å². The summed E-state index contributed by atoms with van der Waals surface area (Å²) in [5.41, 5.74) is -0.187. The van der Waals surface area contributed by atoms with Crippen LogP contribution < -0.4 is 0 Å². The van der Waals surface area contributed by atoms with Gasteiger partial charge in [0.1, 0.15) is 0 Å². The highest BCUT2D eigenvalue weighted by Crippen LogP contribution is 2.28. The monoisotopic (exact) mass is 302 g/mol. The van der Waals surface area contributed by atoms with Gasteiger partial charge in [-0.05, 0) is 36.4 Å². The standard InChI is InChI=1S/C14H13F3O2S/c1-20-12-8-18-13(19-9-12)7-4-10-2-5-11(6-3-10)14(15,16)17/h2-3,5-6,12-13H,8-9H2,1H3. The predicted molar refractivity (Wildman–Crippen MR) is 71.3 cm³/mol. The van der Waals surface area contributed by atoms with Gasteiger partial charge in [0, 0.05) is 5.56 Å². The molecule has 1 saturated heterocycles. The van der Waals surface area contributed by atoms with Crippen LogP contribution in [0.5, 0.6) is 0 Å². The lowest BCUT2D eigenvalue weighted by Crippen LogP contribution is -2.32. The van der Waals surface area contributed by atoms with E-state index in [0.29, 0.717) is 24.0 Å². The largest absolute Gasteiger partial charge is 0.416 e. The van der Waals surface area contributed by atoms with Gasteiger partial charge in [-0.2, -0.15) is 24.9 Å². The van der Waals surface area contributed by atoms with E-state index in [1.54, 1.807) is 11.8 Å². The Labute approximate surface area is 119 Å². The molecule has 0 atom stereocenters. The molecule has 0 amide bonds. The van der Waals surface area contributed by atoms with Gasteiger partial charge in [0.25, 0.3) is 0 Å². The minimum atomic E-state index is -4.33. The molecule has 0 N–H and O–H groups in total. The average Bonchev–Trinajstić information content (AvgIpc) is 2.45. The van der Waals surface area contributed by atoms with Crippen molar-refractivity contribution in [3.8, 4) is 11.8 Å². The molecule has 1 aromatic rings. The molecule has 2 rings (SSSR count). The lowest BCUT2D eigenvalue weighted by molar-refractivity contribution is -0.140. The molecule has 1 heterocycles. The summed E-state index contributed by atoms with van der Waals surface area (Å²) in [5.74, 6) is 5.51. The topological polar surface area (TPSA) is 18.5 Å². The summed E-state index contributed by atoms with van der Waals surface area (Å²) in [6.07, 6.45) is -2.96. The number of thioether (sulfide) groups is 1.